The largest absolute Gasteiger partial charge is 0.396 e. The van der Waals surface area contributed by atoms with Crippen LogP contribution in [0.25, 0.3) is 0 Å². The van der Waals surface area contributed by atoms with E-state index in [1.54, 1.807) is 24.3 Å². The normalized spacial score (nSPS) is 11.8. The molecule has 2 aromatic rings. The lowest BCUT2D eigenvalue weighted by Gasteiger charge is -2.17. The van der Waals surface area contributed by atoms with Gasteiger partial charge in [-0.1, -0.05) is 41.4 Å². The summed E-state index contributed by atoms with van der Waals surface area (Å²) in [7, 11) is 0. The SMILES string of the molecule is O=C(NCC(CO)c1ccccc1Cl)c1cc(Cl)cc([N+](=O)[O-])c1. The molecule has 0 bridgehead atoms. The fraction of sp³-hybridized carbons (Fsp3) is 0.188. The molecule has 2 aromatic carbocycles. The lowest BCUT2D eigenvalue weighted by Crippen LogP contribution is -2.30. The van der Waals surface area contributed by atoms with Crippen molar-refractivity contribution < 1.29 is 14.8 Å². The van der Waals surface area contributed by atoms with Crippen LogP contribution < -0.4 is 5.32 Å². The van der Waals surface area contributed by atoms with E-state index < -0.39 is 16.7 Å². The Bertz CT molecular complexity index is 767. The highest BCUT2D eigenvalue weighted by Gasteiger charge is 2.17. The predicted molar refractivity (Wildman–Crippen MR) is 91.7 cm³/mol. The summed E-state index contributed by atoms with van der Waals surface area (Å²) in [6.45, 7) is -0.0842. The summed E-state index contributed by atoms with van der Waals surface area (Å²) >= 11 is 11.9. The number of amides is 1. The van der Waals surface area contributed by atoms with Gasteiger partial charge in [0.2, 0.25) is 0 Å². The maximum atomic E-state index is 12.2. The van der Waals surface area contributed by atoms with Gasteiger partial charge in [-0.15, -0.1) is 0 Å². The average molecular weight is 369 g/mol. The Morgan fingerprint density at radius 1 is 1.25 bits per heavy atom. The molecule has 0 aliphatic heterocycles. The smallest absolute Gasteiger partial charge is 0.271 e. The highest BCUT2D eigenvalue weighted by atomic mass is 35.5. The zero-order valence-corrected chi connectivity index (χ0v) is 13.9. The monoisotopic (exact) mass is 368 g/mol. The van der Waals surface area contributed by atoms with Crippen molar-refractivity contribution in [1.29, 1.82) is 0 Å². The van der Waals surface area contributed by atoms with E-state index in [2.05, 4.69) is 5.32 Å². The fourth-order valence-corrected chi connectivity index (χ4v) is 2.73. The van der Waals surface area contributed by atoms with E-state index >= 15 is 0 Å². The van der Waals surface area contributed by atoms with Crippen LogP contribution in [0.1, 0.15) is 21.8 Å². The van der Waals surface area contributed by atoms with Crippen molar-refractivity contribution in [1.82, 2.24) is 5.32 Å². The van der Waals surface area contributed by atoms with Crippen LogP contribution in [0.4, 0.5) is 5.69 Å². The molecule has 0 aliphatic rings. The van der Waals surface area contributed by atoms with Crippen molar-refractivity contribution in [3.63, 3.8) is 0 Å². The second kappa shape index (κ2) is 8.10. The highest BCUT2D eigenvalue weighted by Crippen LogP contribution is 2.24. The molecule has 2 rings (SSSR count). The van der Waals surface area contributed by atoms with E-state index in [0.29, 0.717) is 10.6 Å². The van der Waals surface area contributed by atoms with Gasteiger partial charge >= 0.3 is 0 Å². The van der Waals surface area contributed by atoms with Crippen LogP contribution in [0.3, 0.4) is 0 Å². The molecule has 0 radical (unpaired) electrons. The first kappa shape index (κ1) is 18.2. The fourth-order valence-electron chi connectivity index (χ4n) is 2.21. The minimum Gasteiger partial charge on any atom is -0.396 e. The molecule has 1 amide bonds. The number of carbonyl (C=O) groups is 1. The topological polar surface area (TPSA) is 92.5 Å². The number of aliphatic hydroxyl groups excluding tert-OH is 1. The van der Waals surface area contributed by atoms with Crippen LogP contribution in [0.5, 0.6) is 0 Å². The molecule has 1 unspecified atom stereocenters. The molecule has 8 heteroatoms. The second-order valence-corrected chi connectivity index (χ2v) is 5.91. The number of nitrogens with zero attached hydrogens (tertiary/aromatic N) is 1. The average Bonchev–Trinajstić information content (AvgIpc) is 2.56. The molecule has 0 saturated carbocycles. The Morgan fingerprint density at radius 2 is 1.96 bits per heavy atom. The summed E-state index contributed by atoms with van der Waals surface area (Å²) in [5, 5.41) is 23.6. The third-order valence-electron chi connectivity index (χ3n) is 3.43. The van der Waals surface area contributed by atoms with Crippen LogP contribution in [-0.4, -0.2) is 29.1 Å². The standard InChI is InChI=1S/C16H14Cl2N2O4/c17-12-5-10(6-13(7-12)20(23)24)16(22)19-8-11(9-21)14-3-1-2-4-15(14)18/h1-7,11,21H,8-9H2,(H,19,22). The third-order valence-corrected chi connectivity index (χ3v) is 3.99. The van der Waals surface area contributed by atoms with E-state index in [1.165, 1.54) is 12.1 Å². The Morgan fingerprint density at radius 3 is 2.58 bits per heavy atom. The maximum absolute atomic E-state index is 12.2. The first-order valence-corrected chi connectivity index (χ1v) is 7.76. The van der Waals surface area contributed by atoms with Crippen LogP contribution in [0, 0.1) is 10.1 Å². The summed E-state index contributed by atoms with van der Waals surface area (Å²) in [4.78, 5) is 22.4. The summed E-state index contributed by atoms with van der Waals surface area (Å²) in [5.41, 5.74) is 0.515. The van der Waals surface area contributed by atoms with E-state index in [9.17, 15) is 20.0 Å². The van der Waals surface area contributed by atoms with Crippen molar-refractivity contribution in [2.75, 3.05) is 13.2 Å². The molecular weight excluding hydrogens is 355 g/mol. The van der Waals surface area contributed by atoms with Crippen LogP contribution in [-0.2, 0) is 0 Å². The Kier molecular flexibility index (Phi) is 6.14. The van der Waals surface area contributed by atoms with Gasteiger partial charge in [0.1, 0.15) is 0 Å². The molecule has 0 fully saturated rings. The number of nitro groups is 1. The minimum atomic E-state index is -0.622. The van der Waals surface area contributed by atoms with Crippen molar-refractivity contribution in [2.24, 2.45) is 0 Å². The number of nitrogens with one attached hydrogen (secondary N) is 1. The van der Waals surface area contributed by atoms with Gasteiger partial charge in [0.05, 0.1) is 11.5 Å². The molecule has 0 aromatic heterocycles. The molecule has 2 N–H and O–H groups in total. The molecule has 6 nitrogen and oxygen atoms in total. The number of non-ortho nitro benzene ring substituents is 1. The van der Waals surface area contributed by atoms with Crippen molar-refractivity contribution in [3.05, 3.63) is 73.8 Å². The van der Waals surface area contributed by atoms with Gasteiger partial charge in [-0.25, -0.2) is 0 Å². The Hall–Kier alpha value is -2.15. The van der Waals surface area contributed by atoms with E-state index in [0.717, 1.165) is 6.07 Å². The quantitative estimate of drug-likeness (QED) is 0.603. The Balaban J connectivity index is 2.12. The third kappa shape index (κ3) is 4.44. The van der Waals surface area contributed by atoms with Gasteiger partial charge in [0.15, 0.2) is 0 Å². The maximum Gasteiger partial charge on any atom is 0.271 e. The molecular formula is C16H14Cl2N2O4. The molecule has 0 spiro atoms. The first-order valence-electron chi connectivity index (χ1n) is 7.01. The Labute approximate surface area is 148 Å². The van der Waals surface area contributed by atoms with Crippen molar-refractivity contribution in [3.8, 4) is 0 Å². The summed E-state index contributed by atoms with van der Waals surface area (Å²) in [5.74, 6) is -0.914. The highest BCUT2D eigenvalue weighted by molar-refractivity contribution is 6.31. The number of carbonyl (C=O) groups excluding carboxylic acids is 1. The number of halogens is 2. The van der Waals surface area contributed by atoms with E-state index in [4.69, 9.17) is 23.2 Å². The van der Waals surface area contributed by atoms with Gasteiger partial charge in [-0.05, 0) is 17.7 Å². The zero-order chi connectivity index (χ0) is 17.7. The number of hydrogen-bond donors (Lipinski definition) is 2. The molecule has 1 atom stereocenters. The predicted octanol–water partition coefficient (Wildman–Crippen LogP) is 3.41. The number of aliphatic hydroxyl groups is 1. The number of rotatable bonds is 6. The first-order chi connectivity index (χ1) is 11.4. The molecule has 24 heavy (non-hydrogen) atoms. The van der Waals surface area contributed by atoms with E-state index in [1.807, 2.05) is 0 Å². The lowest BCUT2D eigenvalue weighted by molar-refractivity contribution is -0.384. The molecule has 0 heterocycles. The van der Waals surface area contributed by atoms with Crippen LogP contribution in [0.2, 0.25) is 10.0 Å². The van der Waals surface area contributed by atoms with Gasteiger partial charge < -0.3 is 10.4 Å². The number of nitro benzene ring substituents is 1. The second-order valence-electron chi connectivity index (χ2n) is 5.07. The number of hydrogen-bond acceptors (Lipinski definition) is 4. The van der Waals surface area contributed by atoms with Crippen LogP contribution >= 0.6 is 23.2 Å². The summed E-state index contributed by atoms with van der Waals surface area (Å²) in [6, 6.07) is 10.7. The van der Waals surface area contributed by atoms with Gasteiger partial charge in [0.25, 0.3) is 11.6 Å². The van der Waals surface area contributed by atoms with Gasteiger partial charge in [0, 0.05) is 40.2 Å². The molecule has 0 saturated heterocycles. The summed E-state index contributed by atoms with van der Waals surface area (Å²) in [6.07, 6.45) is 0. The number of benzene rings is 2. The van der Waals surface area contributed by atoms with E-state index in [-0.39, 0.29) is 29.4 Å². The van der Waals surface area contributed by atoms with Crippen LogP contribution in [0.15, 0.2) is 42.5 Å². The van der Waals surface area contributed by atoms with Crippen molar-refractivity contribution in [2.45, 2.75) is 5.92 Å². The summed E-state index contributed by atoms with van der Waals surface area (Å²) < 4.78 is 0. The minimum absolute atomic E-state index is 0.0741. The molecule has 126 valence electrons. The zero-order valence-electron chi connectivity index (χ0n) is 12.4. The van der Waals surface area contributed by atoms with Gasteiger partial charge in [-0.3, -0.25) is 14.9 Å². The van der Waals surface area contributed by atoms with Crippen molar-refractivity contribution >= 4 is 34.8 Å². The van der Waals surface area contributed by atoms with Gasteiger partial charge in [-0.2, -0.15) is 0 Å². The lowest BCUT2D eigenvalue weighted by atomic mass is 10.00. The molecule has 0 aliphatic carbocycles.